The first-order chi connectivity index (χ1) is 7.17. The van der Waals surface area contributed by atoms with E-state index in [0.717, 1.165) is 12.2 Å². The lowest BCUT2D eigenvalue weighted by atomic mass is 10.2. The van der Waals surface area contributed by atoms with Gasteiger partial charge in [-0.25, -0.2) is 0 Å². The number of hydrogen-bond acceptors (Lipinski definition) is 3. The molecule has 0 aliphatic carbocycles. The summed E-state index contributed by atoms with van der Waals surface area (Å²) in [5.74, 6) is 0.956. The molecule has 0 radical (unpaired) electrons. The highest BCUT2D eigenvalue weighted by molar-refractivity contribution is 5.91. The van der Waals surface area contributed by atoms with Gasteiger partial charge in [0.2, 0.25) is 0 Å². The van der Waals surface area contributed by atoms with Crippen LogP contribution in [0.5, 0.6) is 0 Å². The number of furan rings is 1. The molecule has 0 spiro atoms. The largest absolute Gasteiger partial charge is 0.455 e. The Morgan fingerprint density at radius 2 is 2.27 bits per heavy atom. The van der Waals surface area contributed by atoms with E-state index in [0.29, 0.717) is 18.3 Å². The van der Waals surface area contributed by atoms with E-state index in [1.807, 2.05) is 6.07 Å². The Balaban J connectivity index is 2.49. The normalized spacial score (nSPS) is 12.5. The van der Waals surface area contributed by atoms with E-state index < -0.39 is 0 Å². The van der Waals surface area contributed by atoms with E-state index in [2.05, 4.69) is 24.5 Å². The minimum absolute atomic E-state index is 0.190. The predicted molar refractivity (Wildman–Crippen MR) is 58.7 cm³/mol. The molecule has 0 saturated heterocycles. The molecule has 0 aliphatic rings. The third kappa shape index (κ3) is 3.40. The summed E-state index contributed by atoms with van der Waals surface area (Å²) < 4.78 is 5.36. The third-order valence-electron chi connectivity index (χ3n) is 2.35. The van der Waals surface area contributed by atoms with Crippen molar-refractivity contribution < 1.29 is 9.21 Å². The molecule has 1 rings (SSSR count). The summed E-state index contributed by atoms with van der Waals surface area (Å²) in [5, 5.41) is 5.81. The molecule has 0 fully saturated rings. The van der Waals surface area contributed by atoms with Crippen molar-refractivity contribution in [1.82, 2.24) is 10.6 Å². The van der Waals surface area contributed by atoms with Crippen LogP contribution in [0.15, 0.2) is 16.5 Å². The maximum absolute atomic E-state index is 11.2. The molecular formula is C11H18N2O2. The Hall–Kier alpha value is -1.29. The molecule has 1 aromatic rings. The van der Waals surface area contributed by atoms with Gasteiger partial charge >= 0.3 is 0 Å². The second-order valence-electron chi connectivity index (χ2n) is 3.54. The van der Waals surface area contributed by atoms with Crippen molar-refractivity contribution in [2.24, 2.45) is 0 Å². The molecule has 1 heterocycles. The maximum Gasteiger partial charge on any atom is 0.286 e. The Kier molecular flexibility index (Phi) is 4.37. The van der Waals surface area contributed by atoms with Gasteiger partial charge in [0, 0.05) is 13.1 Å². The topological polar surface area (TPSA) is 54.3 Å². The van der Waals surface area contributed by atoms with Gasteiger partial charge in [-0.15, -0.1) is 0 Å². The molecule has 0 bridgehead atoms. The Bertz CT molecular complexity index is 320. The number of carbonyl (C=O) groups excluding carboxylic acids is 1. The zero-order valence-electron chi connectivity index (χ0n) is 9.46. The quantitative estimate of drug-likeness (QED) is 0.775. The van der Waals surface area contributed by atoms with Gasteiger partial charge in [0.25, 0.3) is 5.91 Å². The van der Waals surface area contributed by atoms with E-state index in [1.54, 1.807) is 13.1 Å². The first-order valence-corrected chi connectivity index (χ1v) is 5.21. The average molecular weight is 210 g/mol. The average Bonchev–Trinajstić information content (AvgIpc) is 2.73. The fourth-order valence-corrected chi connectivity index (χ4v) is 1.14. The first-order valence-electron chi connectivity index (χ1n) is 5.21. The van der Waals surface area contributed by atoms with Gasteiger partial charge in [-0.2, -0.15) is 0 Å². The van der Waals surface area contributed by atoms with E-state index in [-0.39, 0.29) is 5.91 Å². The van der Waals surface area contributed by atoms with Crippen LogP contribution in [-0.4, -0.2) is 19.0 Å². The minimum atomic E-state index is -0.190. The summed E-state index contributed by atoms with van der Waals surface area (Å²) in [6.45, 7) is 4.89. The molecule has 15 heavy (non-hydrogen) atoms. The van der Waals surface area contributed by atoms with Gasteiger partial charge in [-0.05, 0) is 25.5 Å². The molecule has 2 N–H and O–H groups in total. The lowest BCUT2D eigenvalue weighted by Gasteiger charge is -2.08. The molecule has 1 atom stereocenters. The van der Waals surface area contributed by atoms with Crippen LogP contribution in [0.3, 0.4) is 0 Å². The summed E-state index contributed by atoms with van der Waals surface area (Å²) in [7, 11) is 1.59. The van der Waals surface area contributed by atoms with Crippen LogP contribution < -0.4 is 10.6 Å². The molecule has 4 nitrogen and oxygen atoms in total. The summed E-state index contributed by atoms with van der Waals surface area (Å²) in [5.41, 5.74) is 0. The highest BCUT2D eigenvalue weighted by Crippen LogP contribution is 2.07. The summed E-state index contributed by atoms with van der Waals surface area (Å²) in [6.07, 6.45) is 1.07. The number of amides is 1. The number of nitrogens with one attached hydrogen (secondary N) is 2. The molecule has 1 aromatic heterocycles. The van der Waals surface area contributed by atoms with Crippen molar-refractivity contribution in [2.75, 3.05) is 7.05 Å². The molecule has 4 heteroatoms. The smallest absolute Gasteiger partial charge is 0.286 e. The minimum Gasteiger partial charge on any atom is -0.455 e. The monoisotopic (exact) mass is 210 g/mol. The van der Waals surface area contributed by atoms with Crippen molar-refractivity contribution in [3.63, 3.8) is 0 Å². The van der Waals surface area contributed by atoms with E-state index in [4.69, 9.17) is 4.42 Å². The third-order valence-corrected chi connectivity index (χ3v) is 2.35. The molecule has 1 amide bonds. The highest BCUT2D eigenvalue weighted by Gasteiger charge is 2.09. The highest BCUT2D eigenvalue weighted by atomic mass is 16.4. The van der Waals surface area contributed by atoms with Gasteiger partial charge in [0.1, 0.15) is 5.76 Å². The van der Waals surface area contributed by atoms with E-state index in [1.165, 1.54) is 0 Å². The number of rotatable bonds is 5. The van der Waals surface area contributed by atoms with Gasteiger partial charge in [0.15, 0.2) is 5.76 Å². The van der Waals surface area contributed by atoms with Crippen LogP contribution in [0.25, 0.3) is 0 Å². The van der Waals surface area contributed by atoms with Crippen LogP contribution in [0.2, 0.25) is 0 Å². The van der Waals surface area contributed by atoms with Crippen LogP contribution in [0, 0.1) is 0 Å². The molecule has 1 unspecified atom stereocenters. The lowest BCUT2D eigenvalue weighted by molar-refractivity contribution is 0.0933. The van der Waals surface area contributed by atoms with Crippen molar-refractivity contribution in [3.05, 3.63) is 23.7 Å². The summed E-state index contributed by atoms with van der Waals surface area (Å²) in [4.78, 5) is 11.2. The lowest BCUT2D eigenvalue weighted by Crippen LogP contribution is -2.24. The van der Waals surface area contributed by atoms with Crippen LogP contribution >= 0.6 is 0 Å². The number of carbonyl (C=O) groups is 1. The van der Waals surface area contributed by atoms with Gasteiger partial charge in [-0.1, -0.05) is 6.92 Å². The first kappa shape index (κ1) is 11.8. The fraction of sp³-hybridized carbons (Fsp3) is 0.545. The van der Waals surface area contributed by atoms with Gasteiger partial charge < -0.3 is 15.1 Å². The zero-order chi connectivity index (χ0) is 11.3. The second kappa shape index (κ2) is 5.56. The molecule has 0 aliphatic heterocycles. The predicted octanol–water partition coefficient (Wildman–Crippen LogP) is 1.53. The molecular weight excluding hydrogens is 192 g/mol. The SMILES string of the molecule is CCC(C)NCc1ccc(C(=O)NC)o1. The standard InChI is InChI=1S/C11H18N2O2/c1-4-8(2)13-7-9-5-6-10(15-9)11(14)12-3/h5-6,8,13H,4,7H2,1-3H3,(H,12,14). The van der Waals surface area contributed by atoms with Gasteiger partial charge in [-0.3, -0.25) is 4.79 Å². The van der Waals surface area contributed by atoms with Crippen molar-refractivity contribution in [3.8, 4) is 0 Å². The Morgan fingerprint density at radius 3 is 2.87 bits per heavy atom. The van der Waals surface area contributed by atoms with Crippen molar-refractivity contribution in [2.45, 2.75) is 32.9 Å². The fourth-order valence-electron chi connectivity index (χ4n) is 1.14. The maximum atomic E-state index is 11.2. The molecule has 84 valence electrons. The van der Waals surface area contributed by atoms with Crippen LogP contribution in [0.4, 0.5) is 0 Å². The zero-order valence-corrected chi connectivity index (χ0v) is 9.46. The second-order valence-corrected chi connectivity index (χ2v) is 3.54. The van der Waals surface area contributed by atoms with E-state index in [9.17, 15) is 4.79 Å². The van der Waals surface area contributed by atoms with Gasteiger partial charge in [0.05, 0.1) is 6.54 Å². The summed E-state index contributed by atoms with van der Waals surface area (Å²) >= 11 is 0. The molecule has 0 saturated carbocycles. The van der Waals surface area contributed by atoms with E-state index >= 15 is 0 Å². The summed E-state index contributed by atoms with van der Waals surface area (Å²) in [6, 6.07) is 3.96. The Morgan fingerprint density at radius 1 is 1.53 bits per heavy atom. The number of hydrogen-bond donors (Lipinski definition) is 2. The van der Waals surface area contributed by atoms with Crippen molar-refractivity contribution >= 4 is 5.91 Å². The van der Waals surface area contributed by atoms with Crippen LogP contribution in [0.1, 0.15) is 36.6 Å². The Labute approximate surface area is 90.0 Å². The molecule has 0 aromatic carbocycles. The van der Waals surface area contributed by atoms with Crippen LogP contribution in [-0.2, 0) is 6.54 Å². The van der Waals surface area contributed by atoms with Crippen molar-refractivity contribution in [1.29, 1.82) is 0 Å².